The van der Waals surface area contributed by atoms with Gasteiger partial charge in [-0.2, -0.15) is 16.8 Å². The standard InChI is InChI=1S/C25H28N8O4S2/c1-27-29-25(19-13-17(35-5)9-11-21(19)37-7)33(3)31-23(39)14-22(38)30-32(2)24(28-15-26)18-12-16(34-4)8-10-20(18)36-6/h8-13H,14H2,2-7H3,(H,30,38)(H,31,39)/b28-24+,29-25+. The van der Waals surface area contributed by atoms with E-state index in [9.17, 15) is 5.26 Å². The molecule has 39 heavy (non-hydrogen) atoms. The molecule has 0 aliphatic carbocycles. The van der Waals surface area contributed by atoms with Gasteiger partial charge < -0.3 is 18.9 Å². The van der Waals surface area contributed by atoms with E-state index in [1.165, 1.54) is 38.5 Å². The van der Waals surface area contributed by atoms with Gasteiger partial charge in [0.15, 0.2) is 5.84 Å². The zero-order valence-corrected chi connectivity index (χ0v) is 23.9. The van der Waals surface area contributed by atoms with E-state index >= 15 is 0 Å². The lowest BCUT2D eigenvalue weighted by atomic mass is 10.1. The van der Waals surface area contributed by atoms with E-state index in [4.69, 9.17) is 50.0 Å². The monoisotopic (exact) mass is 568 g/mol. The first-order valence-electron chi connectivity index (χ1n) is 11.1. The summed E-state index contributed by atoms with van der Waals surface area (Å²) in [5, 5.41) is 16.2. The lowest BCUT2D eigenvalue weighted by molar-refractivity contribution is 0.398. The van der Waals surface area contributed by atoms with Gasteiger partial charge in [-0.15, -0.1) is 4.95 Å². The topological polar surface area (TPSA) is 120 Å². The van der Waals surface area contributed by atoms with Crippen molar-refractivity contribution in [2.75, 3.05) is 42.5 Å². The molecule has 204 valence electrons. The summed E-state index contributed by atoms with van der Waals surface area (Å²) >= 11 is 11.0. The predicted octanol–water partition coefficient (Wildman–Crippen LogP) is 3.15. The lowest BCUT2D eigenvalue weighted by Crippen LogP contribution is -2.47. The van der Waals surface area contributed by atoms with Gasteiger partial charge in [0, 0.05) is 14.1 Å². The maximum absolute atomic E-state index is 9.29. The summed E-state index contributed by atoms with van der Waals surface area (Å²) in [6.45, 7) is 7.27. The first-order valence-corrected chi connectivity index (χ1v) is 12.0. The molecule has 0 aromatic heterocycles. The van der Waals surface area contributed by atoms with Crippen LogP contribution in [0.5, 0.6) is 23.0 Å². The smallest absolute Gasteiger partial charge is 0.241 e. The molecule has 2 aromatic carbocycles. The van der Waals surface area contributed by atoms with Crippen LogP contribution in [0.1, 0.15) is 17.5 Å². The van der Waals surface area contributed by atoms with Crippen molar-refractivity contribution in [3.8, 4) is 29.2 Å². The van der Waals surface area contributed by atoms with Crippen LogP contribution in [-0.4, -0.2) is 74.2 Å². The van der Waals surface area contributed by atoms with Crippen molar-refractivity contribution in [1.29, 1.82) is 5.26 Å². The number of benzene rings is 2. The molecule has 2 N–H and O–H groups in total. The third kappa shape index (κ3) is 8.16. The van der Waals surface area contributed by atoms with Crippen LogP contribution in [0.25, 0.3) is 4.95 Å². The van der Waals surface area contributed by atoms with Crippen LogP contribution >= 0.6 is 24.4 Å². The van der Waals surface area contributed by atoms with Crippen LogP contribution < -0.4 is 29.8 Å². The van der Waals surface area contributed by atoms with E-state index in [0.29, 0.717) is 44.1 Å². The van der Waals surface area contributed by atoms with Crippen molar-refractivity contribution in [3.05, 3.63) is 59.1 Å². The zero-order valence-electron chi connectivity index (χ0n) is 22.3. The second kappa shape index (κ2) is 14.9. The average Bonchev–Trinajstić information content (AvgIpc) is 2.93. The first kappa shape index (κ1) is 30.6. The normalized spacial score (nSPS) is 10.9. The Bertz CT molecular complexity index is 1250. The Morgan fingerprint density at radius 3 is 1.74 bits per heavy atom. The highest BCUT2D eigenvalue weighted by Gasteiger charge is 2.21. The van der Waals surface area contributed by atoms with Crippen LogP contribution in [0.4, 0.5) is 0 Å². The molecule has 0 aliphatic heterocycles. The maximum atomic E-state index is 9.29. The van der Waals surface area contributed by atoms with E-state index in [0.717, 1.165) is 0 Å². The van der Waals surface area contributed by atoms with E-state index in [2.05, 4.69) is 25.9 Å². The van der Waals surface area contributed by atoms with Crippen LogP contribution in [-0.2, 0) is 0 Å². The molecule has 0 spiro atoms. The van der Waals surface area contributed by atoms with Gasteiger partial charge in [0.05, 0.1) is 46.0 Å². The van der Waals surface area contributed by atoms with Crippen molar-refractivity contribution in [1.82, 2.24) is 20.9 Å². The average molecular weight is 569 g/mol. The number of nitriles is 1. The van der Waals surface area contributed by atoms with E-state index in [1.807, 2.05) is 0 Å². The van der Waals surface area contributed by atoms with Crippen molar-refractivity contribution in [2.45, 2.75) is 6.42 Å². The third-order valence-corrected chi connectivity index (χ3v) is 5.61. The molecule has 0 aliphatic rings. The van der Waals surface area contributed by atoms with Crippen molar-refractivity contribution >= 4 is 46.1 Å². The number of hydrogen-bond donors (Lipinski definition) is 2. The molecular weight excluding hydrogens is 540 g/mol. The van der Waals surface area contributed by atoms with Gasteiger partial charge in [0.1, 0.15) is 38.1 Å². The summed E-state index contributed by atoms with van der Waals surface area (Å²) in [5.41, 5.74) is 7.05. The fourth-order valence-corrected chi connectivity index (χ4v) is 4.05. The third-order valence-electron chi connectivity index (χ3n) is 5.14. The van der Waals surface area contributed by atoms with E-state index in [1.54, 1.807) is 56.7 Å². The number of rotatable bonds is 8. The minimum atomic E-state index is 0.134. The van der Waals surface area contributed by atoms with Crippen LogP contribution in [0.15, 0.2) is 46.5 Å². The second-order valence-electron chi connectivity index (χ2n) is 7.56. The van der Waals surface area contributed by atoms with E-state index in [-0.39, 0.29) is 18.1 Å². The van der Waals surface area contributed by atoms with Crippen LogP contribution in [0.3, 0.4) is 0 Å². The summed E-state index contributed by atoms with van der Waals surface area (Å²) in [6, 6.07) is 10.3. The largest absolute Gasteiger partial charge is 0.497 e. The summed E-state index contributed by atoms with van der Waals surface area (Å²) in [6.07, 6.45) is 1.93. The predicted molar refractivity (Wildman–Crippen MR) is 156 cm³/mol. The Morgan fingerprint density at radius 2 is 1.33 bits per heavy atom. The van der Waals surface area contributed by atoms with E-state index < -0.39 is 0 Å². The van der Waals surface area contributed by atoms with Crippen LogP contribution in [0, 0.1) is 18.0 Å². The number of hydrogen-bond acceptors (Lipinski definition) is 9. The molecule has 0 heterocycles. The minimum absolute atomic E-state index is 0.134. The second-order valence-corrected chi connectivity index (χ2v) is 8.54. The first-order chi connectivity index (χ1) is 18.7. The Morgan fingerprint density at radius 1 is 0.872 bits per heavy atom. The molecule has 0 fully saturated rings. The Labute approximate surface area is 238 Å². The fourth-order valence-electron chi connectivity index (χ4n) is 3.39. The minimum Gasteiger partial charge on any atom is -0.497 e. The highest BCUT2D eigenvalue weighted by Crippen LogP contribution is 2.26. The van der Waals surface area contributed by atoms with Crippen LogP contribution in [0.2, 0.25) is 0 Å². The summed E-state index contributed by atoms with van der Waals surface area (Å²) in [4.78, 5) is 7.78. The highest BCUT2D eigenvalue weighted by atomic mass is 32.1. The molecule has 0 amide bonds. The summed E-state index contributed by atoms with van der Waals surface area (Å²) in [7, 11) is 9.42. The number of hydrazine groups is 2. The molecule has 0 saturated carbocycles. The van der Waals surface area contributed by atoms with Gasteiger partial charge in [-0.25, -0.2) is 0 Å². The molecule has 0 saturated heterocycles. The Hall–Kier alpha value is -4.66. The lowest BCUT2D eigenvalue weighted by Gasteiger charge is -2.25. The van der Waals surface area contributed by atoms with Crippen molar-refractivity contribution < 1.29 is 18.9 Å². The van der Waals surface area contributed by atoms with Gasteiger partial charge in [-0.1, -0.05) is 24.4 Å². The molecule has 0 radical (unpaired) electrons. The summed E-state index contributed by atoms with van der Waals surface area (Å²) in [5.74, 6) is 2.62. The van der Waals surface area contributed by atoms with Gasteiger partial charge in [-0.05, 0) is 36.4 Å². The van der Waals surface area contributed by atoms with Gasteiger partial charge >= 0.3 is 0 Å². The number of nitrogens with zero attached hydrogens (tertiary/aromatic N) is 6. The molecule has 0 bridgehead atoms. The molecule has 2 aromatic rings. The molecule has 0 unspecified atom stereocenters. The molecule has 0 atom stereocenters. The zero-order chi connectivity index (χ0) is 28.9. The quantitative estimate of drug-likeness (QED) is 0.122. The highest BCUT2D eigenvalue weighted by molar-refractivity contribution is 7.82. The number of ether oxygens (including phenoxy) is 4. The fraction of sp³-hybridized carbons (Fsp3) is 0.280. The van der Waals surface area contributed by atoms with Gasteiger partial charge in [0.25, 0.3) is 0 Å². The molecule has 2 rings (SSSR count). The number of amidine groups is 2. The van der Waals surface area contributed by atoms with Crippen molar-refractivity contribution in [3.63, 3.8) is 0 Å². The molecular formula is C25H28N8O4S2. The summed E-state index contributed by atoms with van der Waals surface area (Å²) < 4.78 is 21.5. The van der Waals surface area contributed by atoms with Gasteiger partial charge in [-0.3, -0.25) is 20.9 Å². The molecule has 14 heteroatoms. The van der Waals surface area contributed by atoms with Gasteiger partial charge in [0.2, 0.25) is 12.0 Å². The molecule has 12 nitrogen and oxygen atoms in total. The SMILES string of the molecule is [C-]#[N+]/N=C(\c1cc(OC)ccc1OC)N(C)NC(=S)CC(=S)NN(C)/C(=N/C#N)c1cc(OC)ccc1OC. The number of methoxy groups -OCH3 is 4. The Kier molecular flexibility index (Phi) is 11.7. The number of nitrogens with one attached hydrogen (secondary N) is 2. The Balaban J connectivity index is 2.17. The number of aliphatic imine (C=N–C) groups is 1. The van der Waals surface area contributed by atoms with Crippen molar-refractivity contribution in [2.24, 2.45) is 10.1 Å². The maximum Gasteiger partial charge on any atom is 0.241 e. The number of thiocarbonyl (C=S) groups is 2.